The van der Waals surface area contributed by atoms with Crippen LogP contribution in [0.5, 0.6) is 5.75 Å². The highest BCUT2D eigenvalue weighted by Crippen LogP contribution is 2.28. The standard InChI is InChI=1S/C18H27N3O4S/c1-25-16-9-8-13(18(22)21-10-4-7-15(21)12-19)11-17(16)26(23,24)20-14-5-2-3-6-14/h8-9,11,14-15,20H,2-7,10,12,19H2,1H3. The molecule has 1 saturated carbocycles. The number of rotatable bonds is 6. The van der Waals surface area contributed by atoms with Crippen LogP contribution in [-0.4, -0.2) is 51.5 Å². The molecule has 1 aliphatic carbocycles. The Kier molecular flexibility index (Phi) is 5.84. The van der Waals surface area contributed by atoms with E-state index in [1.54, 1.807) is 17.0 Å². The summed E-state index contributed by atoms with van der Waals surface area (Å²) in [4.78, 5) is 14.6. The van der Waals surface area contributed by atoms with Crippen molar-refractivity contribution in [3.63, 3.8) is 0 Å². The fraction of sp³-hybridized carbons (Fsp3) is 0.611. The Labute approximate surface area is 154 Å². The molecular weight excluding hydrogens is 354 g/mol. The monoisotopic (exact) mass is 381 g/mol. The number of sulfonamides is 1. The number of ether oxygens (including phenoxy) is 1. The third-order valence-corrected chi connectivity index (χ3v) is 6.83. The van der Waals surface area contributed by atoms with E-state index in [1.807, 2.05) is 0 Å². The lowest BCUT2D eigenvalue weighted by atomic mass is 10.1. The van der Waals surface area contributed by atoms with Gasteiger partial charge in [0.1, 0.15) is 10.6 Å². The highest BCUT2D eigenvalue weighted by molar-refractivity contribution is 7.89. The van der Waals surface area contributed by atoms with Crippen molar-refractivity contribution in [2.75, 3.05) is 20.2 Å². The van der Waals surface area contributed by atoms with Gasteiger partial charge in [-0.15, -0.1) is 0 Å². The third-order valence-electron chi connectivity index (χ3n) is 5.29. The van der Waals surface area contributed by atoms with Gasteiger partial charge in [-0.25, -0.2) is 13.1 Å². The smallest absolute Gasteiger partial charge is 0.254 e. The molecule has 1 unspecified atom stereocenters. The molecule has 1 atom stereocenters. The summed E-state index contributed by atoms with van der Waals surface area (Å²) in [5.74, 6) is 0.0572. The van der Waals surface area contributed by atoms with Crippen LogP contribution in [0.15, 0.2) is 23.1 Å². The summed E-state index contributed by atoms with van der Waals surface area (Å²) in [6.45, 7) is 1.06. The highest BCUT2D eigenvalue weighted by atomic mass is 32.2. The van der Waals surface area contributed by atoms with E-state index in [0.29, 0.717) is 18.7 Å². The second-order valence-corrected chi connectivity index (χ2v) is 8.68. The quantitative estimate of drug-likeness (QED) is 0.777. The number of methoxy groups -OCH3 is 1. The van der Waals surface area contributed by atoms with E-state index in [0.717, 1.165) is 38.5 Å². The van der Waals surface area contributed by atoms with Crippen LogP contribution in [0.25, 0.3) is 0 Å². The van der Waals surface area contributed by atoms with Gasteiger partial charge < -0.3 is 15.4 Å². The molecule has 1 aromatic rings. The van der Waals surface area contributed by atoms with E-state index < -0.39 is 10.0 Å². The number of hydrogen-bond acceptors (Lipinski definition) is 5. The van der Waals surface area contributed by atoms with Crippen molar-refractivity contribution in [3.8, 4) is 5.75 Å². The van der Waals surface area contributed by atoms with E-state index >= 15 is 0 Å². The molecule has 0 aromatic heterocycles. The second-order valence-electron chi connectivity index (χ2n) is 7.00. The zero-order valence-corrected chi connectivity index (χ0v) is 15.9. The van der Waals surface area contributed by atoms with Crippen molar-refractivity contribution in [1.82, 2.24) is 9.62 Å². The zero-order valence-electron chi connectivity index (χ0n) is 15.1. The van der Waals surface area contributed by atoms with Gasteiger partial charge in [0, 0.05) is 30.7 Å². The average molecular weight is 381 g/mol. The minimum Gasteiger partial charge on any atom is -0.495 e. The molecule has 1 amide bonds. The van der Waals surface area contributed by atoms with Gasteiger partial charge in [0.05, 0.1) is 7.11 Å². The third kappa shape index (κ3) is 3.87. The van der Waals surface area contributed by atoms with Crippen LogP contribution < -0.4 is 15.2 Å². The van der Waals surface area contributed by atoms with Crippen molar-refractivity contribution >= 4 is 15.9 Å². The lowest BCUT2D eigenvalue weighted by Gasteiger charge is -2.24. The molecule has 1 saturated heterocycles. The number of nitrogens with one attached hydrogen (secondary N) is 1. The summed E-state index contributed by atoms with van der Waals surface area (Å²) in [5.41, 5.74) is 6.10. The number of nitrogens with zero attached hydrogens (tertiary/aromatic N) is 1. The minimum absolute atomic E-state index is 0.0150. The molecule has 3 rings (SSSR count). The SMILES string of the molecule is COc1ccc(C(=O)N2CCCC2CN)cc1S(=O)(=O)NC1CCCC1. The predicted octanol–water partition coefficient (Wildman–Crippen LogP) is 1.48. The van der Waals surface area contributed by atoms with E-state index in [-0.39, 0.29) is 28.6 Å². The first-order chi connectivity index (χ1) is 12.5. The summed E-state index contributed by atoms with van der Waals surface area (Å²) < 4.78 is 33.7. The molecule has 144 valence electrons. The normalized spacial score (nSPS) is 21.3. The summed E-state index contributed by atoms with van der Waals surface area (Å²) in [7, 11) is -2.33. The molecule has 0 radical (unpaired) electrons. The van der Waals surface area contributed by atoms with E-state index in [4.69, 9.17) is 10.5 Å². The number of hydrogen-bond donors (Lipinski definition) is 2. The van der Waals surface area contributed by atoms with Gasteiger partial charge in [-0.1, -0.05) is 12.8 Å². The van der Waals surface area contributed by atoms with Gasteiger partial charge in [0.25, 0.3) is 5.91 Å². The van der Waals surface area contributed by atoms with Gasteiger partial charge in [-0.3, -0.25) is 4.79 Å². The van der Waals surface area contributed by atoms with Crippen molar-refractivity contribution < 1.29 is 17.9 Å². The highest BCUT2D eigenvalue weighted by Gasteiger charge is 2.31. The summed E-state index contributed by atoms with van der Waals surface area (Å²) in [6, 6.07) is 4.54. The van der Waals surface area contributed by atoms with Gasteiger partial charge in [-0.2, -0.15) is 0 Å². The number of amides is 1. The Morgan fingerprint density at radius 1 is 1.27 bits per heavy atom. The Hall–Kier alpha value is -1.64. The number of likely N-dealkylation sites (tertiary alicyclic amines) is 1. The van der Waals surface area contributed by atoms with Crippen LogP contribution in [0.3, 0.4) is 0 Å². The summed E-state index contributed by atoms with van der Waals surface area (Å²) in [6.07, 6.45) is 5.53. The van der Waals surface area contributed by atoms with Gasteiger partial charge in [0.15, 0.2) is 0 Å². The predicted molar refractivity (Wildman–Crippen MR) is 98.7 cm³/mol. The molecular formula is C18H27N3O4S. The molecule has 1 heterocycles. The topological polar surface area (TPSA) is 102 Å². The Balaban J connectivity index is 1.89. The van der Waals surface area contributed by atoms with Crippen LogP contribution >= 0.6 is 0 Å². The van der Waals surface area contributed by atoms with Gasteiger partial charge >= 0.3 is 0 Å². The molecule has 26 heavy (non-hydrogen) atoms. The maximum absolute atomic E-state index is 12.9. The number of benzene rings is 1. The fourth-order valence-electron chi connectivity index (χ4n) is 3.86. The Morgan fingerprint density at radius 2 is 2.00 bits per heavy atom. The molecule has 0 spiro atoms. The van der Waals surface area contributed by atoms with Crippen LogP contribution in [0.2, 0.25) is 0 Å². The van der Waals surface area contributed by atoms with Crippen molar-refractivity contribution in [1.29, 1.82) is 0 Å². The fourth-order valence-corrected chi connectivity index (χ4v) is 5.36. The lowest BCUT2D eigenvalue weighted by Crippen LogP contribution is -2.40. The largest absolute Gasteiger partial charge is 0.495 e. The molecule has 1 aromatic carbocycles. The van der Waals surface area contributed by atoms with Crippen molar-refractivity contribution in [2.24, 2.45) is 5.73 Å². The Bertz CT molecular complexity index is 760. The zero-order chi connectivity index (χ0) is 18.7. The molecule has 8 heteroatoms. The molecule has 2 fully saturated rings. The molecule has 1 aliphatic heterocycles. The first-order valence-electron chi connectivity index (χ1n) is 9.17. The van der Waals surface area contributed by atoms with Gasteiger partial charge in [0.2, 0.25) is 10.0 Å². The van der Waals surface area contributed by atoms with E-state index in [9.17, 15) is 13.2 Å². The maximum Gasteiger partial charge on any atom is 0.254 e. The van der Waals surface area contributed by atoms with Crippen LogP contribution in [-0.2, 0) is 10.0 Å². The molecule has 0 bridgehead atoms. The van der Waals surface area contributed by atoms with E-state index in [2.05, 4.69) is 4.72 Å². The van der Waals surface area contributed by atoms with Crippen molar-refractivity contribution in [2.45, 2.75) is 55.5 Å². The molecule has 7 nitrogen and oxygen atoms in total. The van der Waals surface area contributed by atoms with Crippen LogP contribution in [0.1, 0.15) is 48.9 Å². The van der Waals surface area contributed by atoms with E-state index in [1.165, 1.54) is 13.2 Å². The van der Waals surface area contributed by atoms with Gasteiger partial charge in [-0.05, 0) is 43.9 Å². The van der Waals surface area contributed by atoms with Crippen LogP contribution in [0, 0.1) is 0 Å². The number of carbonyl (C=O) groups excluding carboxylic acids is 1. The average Bonchev–Trinajstić information content (AvgIpc) is 3.31. The summed E-state index contributed by atoms with van der Waals surface area (Å²) in [5, 5.41) is 0. The summed E-state index contributed by atoms with van der Waals surface area (Å²) >= 11 is 0. The maximum atomic E-state index is 12.9. The molecule has 3 N–H and O–H groups in total. The second kappa shape index (κ2) is 7.94. The first kappa shape index (κ1) is 19.1. The first-order valence-corrected chi connectivity index (χ1v) is 10.7. The van der Waals surface area contributed by atoms with Crippen molar-refractivity contribution in [3.05, 3.63) is 23.8 Å². The minimum atomic E-state index is -3.76. The Morgan fingerprint density at radius 3 is 2.65 bits per heavy atom. The number of nitrogens with two attached hydrogens (primary N) is 1. The van der Waals surface area contributed by atoms with Crippen LogP contribution in [0.4, 0.5) is 0 Å². The lowest BCUT2D eigenvalue weighted by molar-refractivity contribution is 0.0741. The molecule has 2 aliphatic rings. The number of carbonyl (C=O) groups is 1.